The highest BCUT2D eigenvalue weighted by Crippen LogP contribution is 2.18. The van der Waals surface area contributed by atoms with Crippen LogP contribution in [-0.2, 0) is 11.3 Å². The average Bonchev–Trinajstić information content (AvgIpc) is 3.19. The van der Waals surface area contributed by atoms with Gasteiger partial charge in [-0.15, -0.1) is 0 Å². The van der Waals surface area contributed by atoms with Crippen LogP contribution in [0.2, 0.25) is 0 Å². The Morgan fingerprint density at radius 2 is 2.03 bits per heavy atom. The van der Waals surface area contributed by atoms with Gasteiger partial charge in [-0.05, 0) is 57.1 Å². The van der Waals surface area contributed by atoms with E-state index in [4.69, 9.17) is 22.4 Å². The number of aromatic nitrogens is 2. The number of amides is 1. The van der Waals surface area contributed by atoms with Crippen LogP contribution in [-0.4, -0.2) is 44.9 Å². The summed E-state index contributed by atoms with van der Waals surface area (Å²) in [5, 5.41) is 6.55. The molecule has 0 bridgehead atoms. The number of nitrogens with two attached hydrogens (primary N) is 1. The molecule has 3 heterocycles. The third-order valence-electron chi connectivity index (χ3n) is 4.60. The van der Waals surface area contributed by atoms with Crippen molar-refractivity contribution >= 4 is 35.1 Å². The van der Waals surface area contributed by atoms with E-state index in [0.717, 1.165) is 17.1 Å². The second kappa shape index (κ2) is 9.46. The number of carbonyl (C=O) groups excluding carboxylic acids is 1. The highest BCUT2D eigenvalue weighted by atomic mass is 32.1. The summed E-state index contributed by atoms with van der Waals surface area (Å²) < 4.78 is 5.30. The van der Waals surface area contributed by atoms with Gasteiger partial charge in [0.25, 0.3) is 0 Å². The Balaban J connectivity index is 1.74. The summed E-state index contributed by atoms with van der Waals surface area (Å²) in [5.74, 6) is 1.37. The Hall–Kier alpha value is -3.01. The number of nitrogens with zero attached hydrogens (tertiary/aromatic N) is 4. The lowest BCUT2D eigenvalue weighted by atomic mass is 9.96. The molecule has 10 heteroatoms. The number of aryl methyl sites for hydroxylation is 2. The molecule has 1 saturated heterocycles. The van der Waals surface area contributed by atoms with Gasteiger partial charge in [-0.25, -0.2) is 9.97 Å². The topological polar surface area (TPSA) is 122 Å². The summed E-state index contributed by atoms with van der Waals surface area (Å²) in [6.07, 6.45) is 2.93. The highest BCUT2D eigenvalue weighted by molar-refractivity contribution is 7.80. The van der Waals surface area contributed by atoms with E-state index in [1.165, 1.54) is 0 Å². The van der Waals surface area contributed by atoms with Crippen molar-refractivity contribution in [2.75, 3.05) is 18.4 Å². The van der Waals surface area contributed by atoms with Crippen molar-refractivity contribution in [3.8, 4) is 0 Å². The first-order valence-electron chi connectivity index (χ1n) is 9.43. The first-order chi connectivity index (χ1) is 13.9. The number of primary amides is 1. The monoisotopic (exact) mass is 415 g/mol. The fourth-order valence-corrected chi connectivity index (χ4v) is 3.31. The molecule has 1 fully saturated rings. The number of anilines is 1. The molecule has 4 N–H and O–H groups in total. The molecule has 1 aliphatic heterocycles. The quantitative estimate of drug-likeness (QED) is 0.392. The molecule has 0 aromatic carbocycles. The molecule has 0 saturated carbocycles. The molecule has 154 valence electrons. The zero-order valence-corrected chi connectivity index (χ0v) is 17.3. The normalized spacial score (nSPS) is 15.2. The summed E-state index contributed by atoms with van der Waals surface area (Å²) in [7, 11) is 0. The molecule has 1 aliphatic rings. The smallest absolute Gasteiger partial charge is 0.229 e. The van der Waals surface area contributed by atoms with Crippen LogP contribution in [0.25, 0.3) is 0 Å². The lowest BCUT2D eigenvalue weighted by molar-refractivity contribution is -0.122. The van der Waals surface area contributed by atoms with Crippen molar-refractivity contribution in [2.24, 2.45) is 16.6 Å². The van der Waals surface area contributed by atoms with Gasteiger partial charge >= 0.3 is 0 Å². The van der Waals surface area contributed by atoms with E-state index in [2.05, 4.69) is 25.6 Å². The van der Waals surface area contributed by atoms with Gasteiger partial charge in [0, 0.05) is 30.4 Å². The van der Waals surface area contributed by atoms with Crippen molar-refractivity contribution in [1.82, 2.24) is 20.2 Å². The predicted octanol–water partition coefficient (Wildman–Crippen LogP) is 1.73. The van der Waals surface area contributed by atoms with Crippen LogP contribution in [0.5, 0.6) is 0 Å². The lowest BCUT2D eigenvalue weighted by Gasteiger charge is -2.32. The number of hydrogen-bond acceptors (Lipinski definition) is 5. The molecular weight excluding hydrogens is 390 g/mol. The average molecular weight is 416 g/mol. The van der Waals surface area contributed by atoms with Gasteiger partial charge in [0.15, 0.2) is 5.11 Å². The number of hydrogen-bond donors (Lipinski definition) is 3. The summed E-state index contributed by atoms with van der Waals surface area (Å²) in [5.41, 5.74) is 7.15. The van der Waals surface area contributed by atoms with Crippen LogP contribution in [0.1, 0.15) is 30.0 Å². The van der Waals surface area contributed by atoms with Crippen LogP contribution in [0, 0.1) is 19.8 Å². The summed E-state index contributed by atoms with van der Waals surface area (Å²) in [6, 6.07) is 5.57. The Morgan fingerprint density at radius 1 is 1.34 bits per heavy atom. The maximum atomic E-state index is 11.5. The van der Waals surface area contributed by atoms with E-state index in [0.29, 0.717) is 49.5 Å². The van der Waals surface area contributed by atoms with Gasteiger partial charge in [-0.3, -0.25) is 10.1 Å². The van der Waals surface area contributed by atoms with E-state index in [1.54, 1.807) is 6.26 Å². The SMILES string of the molecule is Cc1cc(C)nc(N/C(=N/C(=S)NCc2ccco2)N2CCC(C(N)=O)CC2)n1. The van der Waals surface area contributed by atoms with E-state index < -0.39 is 0 Å². The molecular formula is C19H25N7O2S. The Labute approximate surface area is 174 Å². The Bertz CT molecular complexity index is 870. The van der Waals surface area contributed by atoms with E-state index in [1.807, 2.05) is 36.9 Å². The molecule has 29 heavy (non-hydrogen) atoms. The van der Waals surface area contributed by atoms with Crippen molar-refractivity contribution in [1.29, 1.82) is 0 Å². The van der Waals surface area contributed by atoms with Gasteiger partial charge < -0.3 is 20.4 Å². The first-order valence-corrected chi connectivity index (χ1v) is 9.84. The standard InChI is InChI=1S/C19H25N7O2S/c1-12-10-13(2)23-17(22-12)24-18(26-7-5-14(6-8-26)16(20)27)25-19(29)21-11-15-4-3-9-28-15/h3-4,9-10,14H,5-8,11H2,1-2H3,(H2,20,27)(H2,21,22,23,24,25,29). The predicted molar refractivity (Wildman–Crippen MR) is 114 cm³/mol. The number of piperidine rings is 1. The van der Waals surface area contributed by atoms with Crippen molar-refractivity contribution in [2.45, 2.75) is 33.2 Å². The van der Waals surface area contributed by atoms with Crippen molar-refractivity contribution in [3.63, 3.8) is 0 Å². The number of thiocarbonyl (C=S) groups is 1. The molecule has 2 aromatic rings. The van der Waals surface area contributed by atoms with E-state index in [9.17, 15) is 4.79 Å². The fraction of sp³-hybridized carbons (Fsp3) is 0.421. The highest BCUT2D eigenvalue weighted by Gasteiger charge is 2.25. The number of aliphatic imine (C=N–C) groups is 1. The third kappa shape index (κ3) is 5.98. The number of carbonyl (C=O) groups is 1. The molecule has 0 radical (unpaired) electrons. The fourth-order valence-electron chi connectivity index (χ4n) is 3.15. The van der Waals surface area contributed by atoms with Gasteiger partial charge in [-0.1, -0.05) is 0 Å². The number of likely N-dealkylation sites (tertiary alicyclic amines) is 1. The second-order valence-corrected chi connectivity index (χ2v) is 7.32. The Morgan fingerprint density at radius 3 is 2.62 bits per heavy atom. The minimum Gasteiger partial charge on any atom is -0.467 e. The lowest BCUT2D eigenvalue weighted by Crippen LogP contribution is -2.45. The second-order valence-electron chi connectivity index (χ2n) is 6.94. The number of rotatable bonds is 4. The molecule has 1 amide bonds. The molecule has 3 rings (SSSR count). The summed E-state index contributed by atoms with van der Waals surface area (Å²) in [4.78, 5) is 26.9. The van der Waals surface area contributed by atoms with Crippen LogP contribution >= 0.6 is 12.2 Å². The maximum Gasteiger partial charge on any atom is 0.229 e. The van der Waals surface area contributed by atoms with Crippen molar-refractivity contribution < 1.29 is 9.21 Å². The largest absolute Gasteiger partial charge is 0.467 e. The van der Waals surface area contributed by atoms with Gasteiger partial charge in [0.1, 0.15) is 5.76 Å². The van der Waals surface area contributed by atoms with Crippen molar-refractivity contribution in [3.05, 3.63) is 41.6 Å². The van der Waals surface area contributed by atoms with Gasteiger partial charge in [-0.2, -0.15) is 4.99 Å². The third-order valence-corrected chi connectivity index (χ3v) is 4.84. The Kier molecular flexibility index (Phi) is 6.76. The molecule has 0 aliphatic carbocycles. The molecule has 0 spiro atoms. The van der Waals surface area contributed by atoms with E-state index >= 15 is 0 Å². The number of nitrogens with one attached hydrogen (secondary N) is 2. The molecule has 9 nitrogen and oxygen atoms in total. The van der Waals surface area contributed by atoms with Gasteiger partial charge in [0.2, 0.25) is 17.8 Å². The van der Waals surface area contributed by atoms with Gasteiger partial charge in [0.05, 0.1) is 12.8 Å². The zero-order valence-electron chi connectivity index (χ0n) is 16.5. The minimum atomic E-state index is -0.260. The summed E-state index contributed by atoms with van der Waals surface area (Å²) >= 11 is 5.38. The van der Waals surface area contributed by atoms with Crippen LogP contribution in [0.3, 0.4) is 0 Å². The van der Waals surface area contributed by atoms with Crippen LogP contribution in [0.15, 0.2) is 33.9 Å². The van der Waals surface area contributed by atoms with Crippen LogP contribution < -0.4 is 16.4 Å². The summed E-state index contributed by atoms with van der Waals surface area (Å²) in [6.45, 7) is 5.51. The van der Waals surface area contributed by atoms with Crippen LogP contribution in [0.4, 0.5) is 5.95 Å². The number of guanidine groups is 1. The first kappa shape index (κ1) is 20.7. The van der Waals surface area contributed by atoms with E-state index in [-0.39, 0.29) is 11.8 Å². The minimum absolute atomic E-state index is 0.117. The number of furan rings is 1. The molecule has 0 unspecified atom stereocenters. The molecule has 0 atom stereocenters. The maximum absolute atomic E-state index is 11.5. The molecule has 2 aromatic heterocycles. The zero-order chi connectivity index (χ0) is 20.8.